The third-order valence-corrected chi connectivity index (χ3v) is 5.84. The summed E-state index contributed by atoms with van der Waals surface area (Å²) < 4.78 is 0. The minimum Gasteiger partial charge on any atom is -0.350 e. The molecule has 5 nitrogen and oxygen atoms in total. The van der Waals surface area contributed by atoms with Crippen molar-refractivity contribution in [1.82, 2.24) is 10.6 Å². The number of carbonyl (C=O) groups excluding carboxylic acids is 2. The van der Waals surface area contributed by atoms with Crippen LogP contribution in [0.25, 0.3) is 0 Å². The van der Waals surface area contributed by atoms with Gasteiger partial charge in [-0.05, 0) is 51.1 Å². The summed E-state index contributed by atoms with van der Waals surface area (Å²) in [6.45, 7) is 7.32. The number of hydrogen-bond acceptors (Lipinski definition) is 3. The molecule has 0 aliphatic carbocycles. The third-order valence-electron chi connectivity index (χ3n) is 5.84. The van der Waals surface area contributed by atoms with E-state index in [1.54, 1.807) is 24.3 Å². The molecule has 0 heterocycles. The second kappa shape index (κ2) is 19.6. The van der Waals surface area contributed by atoms with E-state index in [2.05, 4.69) is 22.9 Å². The Bertz CT molecular complexity index is 629. The Morgan fingerprint density at radius 1 is 0.727 bits per heavy atom. The molecule has 2 amide bonds. The monoisotopic (exact) mass is 459 g/mol. The van der Waals surface area contributed by atoms with Crippen molar-refractivity contribution in [3.8, 4) is 0 Å². The van der Waals surface area contributed by atoms with E-state index in [1.807, 2.05) is 13.8 Å². The average Bonchev–Trinajstić information content (AvgIpc) is 2.78. The molecule has 188 valence electrons. The van der Waals surface area contributed by atoms with Crippen molar-refractivity contribution in [2.24, 2.45) is 0 Å². The van der Waals surface area contributed by atoms with Gasteiger partial charge in [0, 0.05) is 17.3 Å². The number of nitrogens with one attached hydrogen (secondary N) is 3. The second-order valence-electron chi connectivity index (χ2n) is 9.53. The smallest absolute Gasteiger partial charge is 0.251 e. The lowest BCUT2D eigenvalue weighted by atomic mass is 10.0. The van der Waals surface area contributed by atoms with Gasteiger partial charge in [0.25, 0.3) is 5.91 Å². The quantitative estimate of drug-likeness (QED) is 0.187. The molecule has 0 bridgehead atoms. The highest BCUT2D eigenvalue weighted by Gasteiger charge is 2.07. The van der Waals surface area contributed by atoms with Crippen molar-refractivity contribution >= 4 is 17.5 Å². The van der Waals surface area contributed by atoms with Crippen LogP contribution in [0.5, 0.6) is 0 Å². The molecule has 0 spiro atoms. The molecule has 0 aromatic heterocycles. The highest BCUT2D eigenvalue weighted by Crippen LogP contribution is 2.13. The van der Waals surface area contributed by atoms with Crippen LogP contribution in [-0.4, -0.2) is 30.9 Å². The predicted octanol–water partition coefficient (Wildman–Crippen LogP) is 6.83. The fourth-order valence-electron chi connectivity index (χ4n) is 3.90. The highest BCUT2D eigenvalue weighted by atomic mass is 16.2. The van der Waals surface area contributed by atoms with Gasteiger partial charge in [0.1, 0.15) is 0 Å². The first-order chi connectivity index (χ1) is 16.0. The van der Waals surface area contributed by atoms with Crippen LogP contribution in [0.15, 0.2) is 24.3 Å². The Morgan fingerprint density at radius 3 is 1.70 bits per heavy atom. The minimum absolute atomic E-state index is 0.0558. The molecular formula is C28H49N3O2. The molecule has 1 rings (SSSR count). The minimum atomic E-state index is -0.0993. The molecule has 33 heavy (non-hydrogen) atoms. The third kappa shape index (κ3) is 16.4. The van der Waals surface area contributed by atoms with Gasteiger partial charge < -0.3 is 16.0 Å². The van der Waals surface area contributed by atoms with Crippen molar-refractivity contribution < 1.29 is 9.59 Å². The maximum atomic E-state index is 12.1. The Balaban J connectivity index is 1.93. The first-order valence-electron chi connectivity index (χ1n) is 13.4. The number of carbonyl (C=O) groups is 2. The normalized spacial score (nSPS) is 11.0. The van der Waals surface area contributed by atoms with Crippen LogP contribution >= 0.6 is 0 Å². The fraction of sp³-hybridized carbons (Fsp3) is 0.714. The van der Waals surface area contributed by atoms with Gasteiger partial charge in [0.2, 0.25) is 5.91 Å². The van der Waals surface area contributed by atoms with Crippen LogP contribution in [0.3, 0.4) is 0 Å². The molecule has 1 aromatic carbocycles. The summed E-state index contributed by atoms with van der Waals surface area (Å²) in [4.78, 5) is 24.0. The van der Waals surface area contributed by atoms with E-state index in [9.17, 15) is 9.59 Å². The molecule has 1 aromatic rings. The van der Waals surface area contributed by atoms with Crippen molar-refractivity contribution in [2.45, 2.75) is 117 Å². The molecule has 0 aliphatic rings. The zero-order valence-corrected chi connectivity index (χ0v) is 21.5. The lowest BCUT2D eigenvalue weighted by Crippen LogP contribution is -2.30. The first-order valence-corrected chi connectivity index (χ1v) is 13.4. The van der Waals surface area contributed by atoms with Gasteiger partial charge in [-0.25, -0.2) is 0 Å². The van der Waals surface area contributed by atoms with Crippen molar-refractivity contribution in [2.75, 3.05) is 18.4 Å². The molecule has 0 saturated heterocycles. The van der Waals surface area contributed by atoms with Crippen LogP contribution in [0, 0.1) is 0 Å². The average molecular weight is 460 g/mol. The highest BCUT2D eigenvalue weighted by molar-refractivity contribution is 5.96. The lowest BCUT2D eigenvalue weighted by molar-refractivity contribution is -0.115. The summed E-state index contributed by atoms with van der Waals surface area (Å²) >= 11 is 0. The fourth-order valence-corrected chi connectivity index (χ4v) is 3.90. The van der Waals surface area contributed by atoms with Crippen LogP contribution in [0.4, 0.5) is 5.69 Å². The molecular weight excluding hydrogens is 410 g/mol. The van der Waals surface area contributed by atoms with E-state index < -0.39 is 0 Å². The Kier molecular flexibility index (Phi) is 17.3. The number of benzene rings is 1. The van der Waals surface area contributed by atoms with Gasteiger partial charge in [-0.15, -0.1) is 0 Å². The van der Waals surface area contributed by atoms with Gasteiger partial charge in [-0.1, -0.05) is 90.4 Å². The Labute approximate surface area is 202 Å². The zero-order chi connectivity index (χ0) is 24.2. The van der Waals surface area contributed by atoms with E-state index in [4.69, 9.17) is 0 Å². The molecule has 0 unspecified atom stereocenters. The summed E-state index contributed by atoms with van der Waals surface area (Å²) in [5.41, 5.74) is 1.30. The van der Waals surface area contributed by atoms with E-state index in [0.29, 0.717) is 17.8 Å². The van der Waals surface area contributed by atoms with Crippen LogP contribution in [0.2, 0.25) is 0 Å². The molecule has 0 fully saturated rings. The maximum absolute atomic E-state index is 12.1. The van der Waals surface area contributed by atoms with Gasteiger partial charge in [-0.2, -0.15) is 0 Å². The van der Waals surface area contributed by atoms with Gasteiger partial charge in [0.15, 0.2) is 0 Å². The topological polar surface area (TPSA) is 70.2 Å². The molecule has 0 saturated carbocycles. The SMILES string of the molecule is CCCCCCCCCCCCCCCCNCC(=O)Nc1ccc(C(=O)NC(C)C)cc1. The molecule has 0 radical (unpaired) electrons. The number of unbranched alkanes of at least 4 members (excludes halogenated alkanes) is 13. The van der Waals surface area contributed by atoms with Gasteiger partial charge in [0.05, 0.1) is 6.54 Å². The number of hydrogen-bond donors (Lipinski definition) is 3. The largest absolute Gasteiger partial charge is 0.350 e. The molecule has 0 aliphatic heterocycles. The molecule has 0 atom stereocenters. The second-order valence-corrected chi connectivity index (χ2v) is 9.53. The van der Waals surface area contributed by atoms with Crippen LogP contribution < -0.4 is 16.0 Å². The van der Waals surface area contributed by atoms with Crippen molar-refractivity contribution in [3.63, 3.8) is 0 Å². The van der Waals surface area contributed by atoms with Crippen LogP contribution in [-0.2, 0) is 4.79 Å². The summed E-state index contributed by atoms with van der Waals surface area (Å²) in [5.74, 6) is -0.155. The zero-order valence-electron chi connectivity index (χ0n) is 21.5. The number of anilines is 1. The number of amides is 2. The van der Waals surface area contributed by atoms with E-state index in [-0.39, 0.29) is 17.9 Å². The summed E-state index contributed by atoms with van der Waals surface area (Å²) in [5, 5.41) is 8.95. The lowest BCUT2D eigenvalue weighted by Gasteiger charge is -2.10. The molecule has 3 N–H and O–H groups in total. The van der Waals surface area contributed by atoms with Crippen molar-refractivity contribution in [1.29, 1.82) is 0 Å². The van der Waals surface area contributed by atoms with E-state index in [0.717, 1.165) is 13.0 Å². The van der Waals surface area contributed by atoms with E-state index in [1.165, 1.54) is 83.5 Å². The predicted molar refractivity (Wildman–Crippen MR) is 141 cm³/mol. The standard InChI is InChI=1S/C28H49N3O2/c1-4-5-6-7-8-9-10-11-12-13-14-15-16-17-22-29-23-27(32)31-26-20-18-25(19-21-26)28(33)30-24(2)3/h18-21,24,29H,4-17,22-23H2,1-3H3,(H,30,33)(H,31,32). The summed E-state index contributed by atoms with van der Waals surface area (Å²) in [7, 11) is 0. The Morgan fingerprint density at radius 2 is 1.21 bits per heavy atom. The van der Waals surface area contributed by atoms with E-state index >= 15 is 0 Å². The van der Waals surface area contributed by atoms with Gasteiger partial charge >= 0.3 is 0 Å². The maximum Gasteiger partial charge on any atom is 0.251 e. The van der Waals surface area contributed by atoms with Crippen molar-refractivity contribution in [3.05, 3.63) is 29.8 Å². The summed E-state index contributed by atoms with van der Waals surface area (Å²) in [6, 6.07) is 7.09. The summed E-state index contributed by atoms with van der Waals surface area (Å²) in [6.07, 6.45) is 19.0. The van der Waals surface area contributed by atoms with Gasteiger partial charge in [-0.3, -0.25) is 9.59 Å². The first kappa shape index (κ1) is 29.2. The Hall–Kier alpha value is -1.88. The number of rotatable bonds is 20. The van der Waals surface area contributed by atoms with Crippen LogP contribution in [0.1, 0.15) is 121 Å². The molecule has 5 heteroatoms.